The molecule has 0 unspecified atom stereocenters. The van der Waals surface area contributed by atoms with Crippen molar-refractivity contribution < 1.29 is 19.5 Å². The van der Waals surface area contributed by atoms with Gasteiger partial charge in [0.25, 0.3) is 5.91 Å². The Kier molecular flexibility index (Phi) is 4.21. The molecule has 2 rings (SSSR count). The third-order valence-corrected chi connectivity index (χ3v) is 4.14. The molecule has 1 aromatic carbocycles. The van der Waals surface area contributed by atoms with Gasteiger partial charge in [-0.15, -0.1) is 0 Å². The van der Waals surface area contributed by atoms with Gasteiger partial charge in [-0.05, 0) is 38.5 Å². The van der Waals surface area contributed by atoms with Crippen LogP contribution >= 0.6 is 0 Å². The summed E-state index contributed by atoms with van der Waals surface area (Å²) in [5.41, 5.74) is -0.264. The zero-order valence-electron chi connectivity index (χ0n) is 13.0. The molecule has 0 saturated carbocycles. The predicted molar refractivity (Wildman–Crippen MR) is 81.8 cm³/mol. The van der Waals surface area contributed by atoms with Crippen molar-refractivity contribution in [1.29, 1.82) is 0 Å². The van der Waals surface area contributed by atoms with E-state index in [1.54, 1.807) is 29.2 Å². The monoisotopic (exact) mass is 304 g/mol. The van der Waals surface area contributed by atoms with E-state index in [9.17, 15) is 19.5 Å². The highest BCUT2D eigenvalue weighted by atomic mass is 16.4. The van der Waals surface area contributed by atoms with E-state index in [4.69, 9.17) is 0 Å². The first-order valence-corrected chi connectivity index (χ1v) is 7.17. The Morgan fingerprint density at radius 1 is 1.32 bits per heavy atom. The van der Waals surface area contributed by atoms with Gasteiger partial charge in [0.2, 0.25) is 5.91 Å². The highest BCUT2D eigenvalue weighted by Crippen LogP contribution is 2.24. The number of hydrogen-bond donors (Lipinski definition) is 1. The number of likely N-dealkylation sites (N-methyl/N-ethyl adjacent to an activating group) is 1. The van der Waals surface area contributed by atoms with E-state index < -0.39 is 11.5 Å². The first-order chi connectivity index (χ1) is 10.2. The maximum atomic E-state index is 12.5. The largest absolute Gasteiger partial charge is 0.480 e. The van der Waals surface area contributed by atoms with Crippen LogP contribution in [0.2, 0.25) is 0 Å². The van der Waals surface area contributed by atoms with Gasteiger partial charge < -0.3 is 14.9 Å². The second-order valence-electron chi connectivity index (χ2n) is 5.93. The van der Waals surface area contributed by atoms with Crippen LogP contribution < -0.4 is 4.90 Å². The normalized spacial score (nSPS) is 15.0. The van der Waals surface area contributed by atoms with Gasteiger partial charge in [0.15, 0.2) is 0 Å². The van der Waals surface area contributed by atoms with Crippen molar-refractivity contribution in [2.45, 2.75) is 32.2 Å². The molecule has 0 bridgehead atoms. The summed E-state index contributed by atoms with van der Waals surface area (Å²) in [4.78, 5) is 38.4. The van der Waals surface area contributed by atoms with Crippen LogP contribution in [0.3, 0.4) is 0 Å². The van der Waals surface area contributed by atoms with E-state index in [0.29, 0.717) is 24.2 Å². The average molecular weight is 304 g/mol. The fourth-order valence-electron chi connectivity index (χ4n) is 2.32. The van der Waals surface area contributed by atoms with E-state index in [1.165, 1.54) is 25.8 Å². The lowest BCUT2D eigenvalue weighted by Gasteiger charge is -2.31. The summed E-state index contributed by atoms with van der Waals surface area (Å²) >= 11 is 0. The van der Waals surface area contributed by atoms with Crippen LogP contribution in [0.25, 0.3) is 0 Å². The Morgan fingerprint density at radius 3 is 2.55 bits per heavy atom. The molecule has 0 spiro atoms. The minimum atomic E-state index is -1.31. The lowest BCUT2D eigenvalue weighted by Crippen LogP contribution is -2.50. The average Bonchev–Trinajstić information content (AvgIpc) is 2.91. The summed E-state index contributed by atoms with van der Waals surface area (Å²) in [5, 5.41) is 9.22. The molecule has 0 aromatic heterocycles. The molecule has 0 atom stereocenters. The van der Waals surface area contributed by atoms with Gasteiger partial charge in [0.1, 0.15) is 5.54 Å². The van der Waals surface area contributed by atoms with Gasteiger partial charge in [-0.1, -0.05) is 6.07 Å². The van der Waals surface area contributed by atoms with Crippen molar-refractivity contribution in [3.63, 3.8) is 0 Å². The van der Waals surface area contributed by atoms with Crippen molar-refractivity contribution in [1.82, 2.24) is 4.90 Å². The minimum Gasteiger partial charge on any atom is -0.480 e. The molecule has 1 saturated heterocycles. The van der Waals surface area contributed by atoms with Crippen LogP contribution in [-0.4, -0.2) is 46.9 Å². The maximum absolute atomic E-state index is 12.5. The van der Waals surface area contributed by atoms with Gasteiger partial charge >= 0.3 is 5.97 Å². The molecule has 1 heterocycles. The molecular weight excluding hydrogens is 284 g/mol. The number of rotatable bonds is 4. The van der Waals surface area contributed by atoms with Crippen molar-refractivity contribution in [2.75, 3.05) is 18.5 Å². The van der Waals surface area contributed by atoms with Crippen molar-refractivity contribution in [3.8, 4) is 0 Å². The predicted octanol–water partition coefficient (Wildman–Crippen LogP) is 1.75. The van der Waals surface area contributed by atoms with Crippen LogP contribution in [0, 0.1) is 0 Å². The van der Waals surface area contributed by atoms with E-state index in [1.807, 2.05) is 0 Å². The third kappa shape index (κ3) is 2.81. The standard InChI is InChI=1S/C16H20N2O4/c1-16(2,15(21)22)17(3)14(20)11-6-4-7-12(10-11)18-9-5-8-13(18)19/h4,6-7,10H,5,8-9H2,1-3H3,(H,21,22). The fourth-order valence-corrected chi connectivity index (χ4v) is 2.32. The molecule has 6 heteroatoms. The second-order valence-corrected chi connectivity index (χ2v) is 5.93. The number of carbonyl (C=O) groups excluding carboxylic acids is 2. The Labute approximate surface area is 129 Å². The molecular formula is C16H20N2O4. The molecule has 0 aliphatic carbocycles. The van der Waals surface area contributed by atoms with Crippen LogP contribution in [0.4, 0.5) is 5.69 Å². The number of nitrogens with zero attached hydrogens (tertiary/aromatic N) is 2. The van der Waals surface area contributed by atoms with Crippen LogP contribution in [0.1, 0.15) is 37.0 Å². The molecule has 1 aliphatic rings. The summed E-state index contributed by atoms with van der Waals surface area (Å²) in [7, 11) is 1.46. The summed E-state index contributed by atoms with van der Waals surface area (Å²) in [6, 6.07) is 6.75. The summed E-state index contributed by atoms with van der Waals surface area (Å²) < 4.78 is 0. The molecule has 1 aromatic rings. The highest BCUT2D eigenvalue weighted by molar-refractivity contribution is 6.00. The van der Waals surface area contributed by atoms with Crippen molar-refractivity contribution in [2.24, 2.45) is 0 Å². The number of carboxylic acid groups (broad SMARTS) is 1. The van der Waals surface area contributed by atoms with Gasteiger partial charge in [-0.2, -0.15) is 0 Å². The summed E-state index contributed by atoms with van der Waals surface area (Å²) in [5.74, 6) is -1.42. The summed E-state index contributed by atoms with van der Waals surface area (Å²) in [6.07, 6.45) is 1.33. The molecule has 1 N–H and O–H groups in total. The quantitative estimate of drug-likeness (QED) is 0.919. The Hall–Kier alpha value is -2.37. The molecule has 2 amide bonds. The Balaban J connectivity index is 2.28. The van der Waals surface area contributed by atoms with Gasteiger partial charge in [-0.3, -0.25) is 9.59 Å². The summed E-state index contributed by atoms with van der Waals surface area (Å²) in [6.45, 7) is 3.59. The Bertz CT molecular complexity index is 624. The van der Waals surface area contributed by atoms with Crippen molar-refractivity contribution in [3.05, 3.63) is 29.8 Å². The van der Waals surface area contributed by atoms with Gasteiger partial charge in [0.05, 0.1) is 0 Å². The fraction of sp³-hybridized carbons (Fsp3) is 0.438. The second kappa shape index (κ2) is 5.79. The number of amides is 2. The molecule has 118 valence electrons. The number of carboxylic acids is 1. The van der Waals surface area contributed by atoms with E-state index in [0.717, 1.165) is 6.42 Å². The third-order valence-electron chi connectivity index (χ3n) is 4.14. The number of carbonyl (C=O) groups is 3. The number of hydrogen-bond acceptors (Lipinski definition) is 3. The SMILES string of the molecule is CN(C(=O)c1cccc(N2CCCC2=O)c1)C(C)(C)C(=O)O. The van der Waals surface area contributed by atoms with Crippen LogP contribution in [0.5, 0.6) is 0 Å². The molecule has 1 aliphatic heterocycles. The first-order valence-electron chi connectivity index (χ1n) is 7.17. The number of benzene rings is 1. The molecule has 6 nitrogen and oxygen atoms in total. The zero-order valence-corrected chi connectivity index (χ0v) is 13.0. The number of aliphatic carboxylic acids is 1. The zero-order chi connectivity index (χ0) is 16.5. The van der Waals surface area contributed by atoms with Gasteiger partial charge in [0, 0.05) is 31.3 Å². The highest BCUT2D eigenvalue weighted by Gasteiger charge is 2.35. The molecule has 0 radical (unpaired) electrons. The van der Waals surface area contributed by atoms with Crippen LogP contribution in [-0.2, 0) is 9.59 Å². The Morgan fingerprint density at radius 2 is 2.00 bits per heavy atom. The lowest BCUT2D eigenvalue weighted by molar-refractivity contribution is -0.147. The smallest absolute Gasteiger partial charge is 0.329 e. The van der Waals surface area contributed by atoms with Crippen LogP contribution in [0.15, 0.2) is 24.3 Å². The number of anilines is 1. The lowest BCUT2D eigenvalue weighted by atomic mass is 10.0. The first kappa shape index (κ1) is 16.0. The molecule has 22 heavy (non-hydrogen) atoms. The van der Waals surface area contributed by atoms with Gasteiger partial charge in [-0.25, -0.2) is 4.79 Å². The molecule has 1 fully saturated rings. The maximum Gasteiger partial charge on any atom is 0.329 e. The minimum absolute atomic E-state index is 0.0452. The van der Waals surface area contributed by atoms with E-state index >= 15 is 0 Å². The van der Waals surface area contributed by atoms with Crippen molar-refractivity contribution >= 4 is 23.5 Å². The topological polar surface area (TPSA) is 77.9 Å². The van der Waals surface area contributed by atoms with E-state index in [-0.39, 0.29) is 11.8 Å². The van der Waals surface area contributed by atoms with E-state index in [2.05, 4.69) is 0 Å².